The summed E-state index contributed by atoms with van der Waals surface area (Å²) in [5.74, 6) is -2.39. The zero-order chi connectivity index (χ0) is 17.9. The summed E-state index contributed by atoms with van der Waals surface area (Å²) in [6, 6.07) is 4.25. The van der Waals surface area contributed by atoms with Crippen molar-refractivity contribution in [2.45, 2.75) is 13.8 Å². The fourth-order valence-corrected chi connectivity index (χ4v) is 1.60. The fraction of sp³-hybridized carbons (Fsp3) is 0.400. The number of hydrogen-bond donors (Lipinski definition) is 2. The van der Waals surface area contributed by atoms with Crippen LogP contribution in [0.5, 0.6) is 0 Å². The molecule has 0 radical (unpaired) electrons. The highest BCUT2D eigenvalue weighted by molar-refractivity contribution is 5.97. The van der Waals surface area contributed by atoms with Gasteiger partial charge in [0.15, 0.2) is 0 Å². The van der Waals surface area contributed by atoms with E-state index in [0.717, 1.165) is 0 Å². The molecule has 0 saturated heterocycles. The van der Waals surface area contributed by atoms with Crippen LogP contribution in [0.4, 0.5) is 0 Å². The largest absolute Gasteiger partial charge is 0.465 e. The first-order chi connectivity index (χ1) is 11.5. The van der Waals surface area contributed by atoms with Crippen molar-refractivity contribution in [1.82, 2.24) is 15.6 Å². The minimum absolute atomic E-state index is 0.0388. The van der Waals surface area contributed by atoms with Gasteiger partial charge in [0.05, 0.1) is 13.2 Å². The molecule has 0 aromatic carbocycles. The molecule has 0 aliphatic heterocycles. The van der Waals surface area contributed by atoms with Crippen LogP contribution in [0.15, 0.2) is 18.2 Å². The molecule has 0 spiro atoms. The lowest BCUT2D eigenvalue weighted by atomic mass is 10.3. The van der Waals surface area contributed by atoms with Crippen LogP contribution in [0.3, 0.4) is 0 Å². The molecule has 24 heavy (non-hydrogen) atoms. The molecule has 0 bridgehead atoms. The minimum Gasteiger partial charge on any atom is -0.465 e. The molecule has 130 valence electrons. The lowest BCUT2D eigenvalue weighted by Crippen LogP contribution is -2.33. The number of hydrogen-bond acceptors (Lipinski definition) is 7. The van der Waals surface area contributed by atoms with Crippen molar-refractivity contribution in [3.05, 3.63) is 29.6 Å². The number of amides is 2. The predicted octanol–water partition coefficient (Wildman–Crippen LogP) is -0.333. The number of pyridine rings is 1. The first-order valence-electron chi connectivity index (χ1n) is 7.32. The van der Waals surface area contributed by atoms with E-state index in [-0.39, 0.29) is 37.7 Å². The summed E-state index contributed by atoms with van der Waals surface area (Å²) in [6.45, 7) is 3.13. The van der Waals surface area contributed by atoms with Gasteiger partial charge in [0.25, 0.3) is 11.8 Å². The van der Waals surface area contributed by atoms with Gasteiger partial charge in [0, 0.05) is 0 Å². The molecular weight excluding hydrogens is 320 g/mol. The molecule has 0 fully saturated rings. The number of carbonyl (C=O) groups is 4. The smallest absolute Gasteiger partial charge is 0.325 e. The number of carbonyl (C=O) groups excluding carboxylic acids is 4. The molecule has 1 aromatic heterocycles. The molecule has 9 heteroatoms. The van der Waals surface area contributed by atoms with Crippen LogP contribution in [-0.2, 0) is 19.1 Å². The van der Waals surface area contributed by atoms with Gasteiger partial charge in [-0.2, -0.15) is 0 Å². The molecule has 1 rings (SSSR count). The van der Waals surface area contributed by atoms with Gasteiger partial charge in [-0.1, -0.05) is 6.07 Å². The summed E-state index contributed by atoms with van der Waals surface area (Å²) in [5.41, 5.74) is -0.0776. The van der Waals surface area contributed by atoms with Crippen molar-refractivity contribution in [2.24, 2.45) is 0 Å². The van der Waals surface area contributed by atoms with Gasteiger partial charge < -0.3 is 20.1 Å². The van der Waals surface area contributed by atoms with Crippen LogP contribution in [-0.4, -0.2) is 55.0 Å². The van der Waals surface area contributed by atoms with Crippen molar-refractivity contribution in [3.63, 3.8) is 0 Å². The Balaban J connectivity index is 2.62. The third-order valence-corrected chi connectivity index (χ3v) is 2.61. The third kappa shape index (κ3) is 6.42. The van der Waals surface area contributed by atoms with E-state index in [9.17, 15) is 19.2 Å². The number of aromatic nitrogens is 1. The molecule has 0 atom stereocenters. The second kappa shape index (κ2) is 9.93. The van der Waals surface area contributed by atoms with Crippen molar-refractivity contribution in [3.8, 4) is 0 Å². The van der Waals surface area contributed by atoms with Crippen molar-refractivity contribution in [2.75, 3.05) is 26.3 Å². The number of ether oxygens (including phenoxy) is 2. The second-order valence-corrected chi connectivity index (χ2v) is 4.38. The fourth-order valence-electron chi connectivity index (χ4n) is 1.60. The maximum Gasteiger partial charge on any atom is 0.325 e. The Labute approximate surface area is 138 Å². The summed E-state index contributed by atoms with van der Waals surface area (Å²) in [5, 5.41) is 4.67. The Morgan fingerprint density at radius 2 is 1.29 bits per heavy atom. The van der Waals surface area contributed by atoms with Crippen LogP contribution in [0.25, 0.3) is 0 Å². The van der Waals surface area contributed by atoms with E-state index in [1.54, 1.807) is 13.8 Å². The summed E-state index contributed by atoms with van der Waals surface area (Å²) in [6.07, 6.45) is 0. The van der Waals surface area contributed by atoms with Gasteiger partial charge in [-0.05, 0) is 26.0 Å². The highest BCUT2D eigenvalue weighted by Gasteiger charge is 2.14. The van der Waals surface area contributed by atoms with Crippen LogP contribution < -0.4 is 10.6 Å². The van der Waals surface area contributed by atoms with E-state index < -0.39 is 23.8 Å². The maximum absolute atomic E-state index is 11.9. The molecule has 1 aromatic rings. The van der Waals surface area contributed by atoms with E-state index in [4.69, 9.17) is 0 Å². The summed E-state index contributed by atoms with van der Waals surface area (Å²) in [4.78, 5) is 50.1. The average molecular weight is 339 g/mol. The van der Waals surface area contributed by atoms with Crippen LogP contribution in [0.1, 0.15) is 34.8 Å². The molecule has 2 amide bonds. The van der Waals surface area contributed by atoms with Gasteiger partial charge in [-0.15, -0.1) is 0 Å². The third-order valence-electron chi connectivity index (χ3n) is 2.61. The summed E-state index contributed by atoms with van der Waals surface area (Å²) < 4.78 is 9.36. The number of nitrogens with zero attached hydrogens (tertiary/aromatic N) is 1. The first-order valence-corrected chi connectivity index (χ1v) is 7.32. The van der Waals surface area contributed by atoms with Gasteiger partial charge >= 0.3 is 11.9 Å². The van der Waals surface area contributed by atoms with Crippen LogP contribution in [0.2, 0.25) is 0 Å². The second-order valence-electron chi connectivity index (χ2n) is 4.38. The molecule has 0 aliphatic carbocycles. The Bertz CT molecular complexity index is 568. The number of esters is 2. The van der Waals surface area contributed by atoms with Crippen LogP contribution >= 0.6 is 0 Å². The Hall–Kier alpha value is -2.97. The molecule has 0 unspecified atom stereocenters. The zero-order valence-corrected chi connectivity index (χ0v) is 13.5. The molecular formula is C15H19N3O6. The standard InChI is InChI=1S/C15H19N3O6/c1-3-23-12(19)8-16-14(21)10-6-5-7-11(18-10)15(22)17-9-13(20)24-4-2/h5-7H,3-4,8-9H2,1-2H3,(H,16,21)(H,17,22)/i16+1,17+1. The lowest BCUT2D eigenvalue weighted by Gasteiger charge is -2.07. The van der Waals surface area contributed by atoms with E-state index in [2.05, 4.69) is 25.1 Å². The maximum atomic E-state index is 11.9. The highest BCUT2D eigenvalue weighted by Crippen LogP contribution is 2.00. The normalized spacial score (nSPS) is 9.75. The summed E-state index contributed by atoms with van der Waals surface area (Å²) >= 11 is 0. The van der Waals surface area contributed by atoms with Crippen molar-refractivity contribution in [1.29, 1.82) is 0 Å². The van der Waals surface area contributed by atoms with Gasteiger partial charge in [-0.3, -0.25) is 19.2 Å². The Morgan fingerprint density at radius 1 is 0.875 bits per heavy atom. The zero-order valence-electron chi connectivity index (χ0n) is 13.5. The van der Waals surface area contributed by atoms with Gasteiger partial charge in [-0.25, -0.2) is 4.98 Å². The van der Waals surface area contributed by atoms with E-state index >= 15 is 0 Å². The number of rotatable bonds is 8. The Kier molecular flexibility index (Phi) is 7.89. The lowest BCUT2D eigenvalue weighted by molar-refractivity contribution is -0.142. The predicted molar refractivity (Wildman–Crippen MR) is 82.2 cm³/mol. The van der Waals surface area contributed by atoms with Crippen molar-refractivity contribution < 1.29 is 28.7 Å². The van der Waals surface area contributed by atoms with Crippen molar-refractivity contribution >= 4 is 23.8 Å². The Morgan fingerprint density at radius 3 is 1.67 bits per heavy atom. The number of nitrogens with one attached hydrogen (secondary N) is 2. The first kappa shape index (κ1) is 19.1. The van der Waals surface area contributed by atoms with Crippen LogP contribution in [0, 0.1) is 0 Å². The molecule has 0 saturated carbocycles. The summed E-state index contributed by atoms with van der Waals surface area (Å²) in [7, 11) is 0. The molecule has 0 aliphatic rings. The molecule has 2 N–H and O–H groups in total. The topological polar surface area (TPSA) is 124 Å². The van der Waals surface area contributed by atoms with Gasteiger partial charge in [0.2, 0.25) is 0 Å². The highest BCUT2D eigenvalue weighted by atomic mass is 16.5. The SMILES string of the molecule is CCOC(=O)C[15NH]C(=O)c1cccc(C(=O)[15NH]CC(=O)OCC)n1. The van der Waals surface area contributed by atoms with E-state index in [1.807, 2.05) is 0 Å². The quantitative estimate of drug-likeness (QED) is 0.491. The minimum atomic E-state index is -0.622. The van der Waals surface area contributed by atoms with E-state index in [1.165, 1.54) is 18.2 Å². The van der Waals surface area contributed by atoms with E-state index in [0.29, 0.717) is 0 Å². The molecule has 9 nitrogen and oxygen atoms in total. The monoisotopic (exact) mass is 339 g/mol. The average Bonchev–Trinajstić information content (AvgIpc) is 2.58. The van der Waals surface area contributed by atoms with Gasteiger partial charge in [0.1, 0.15) is 24.5 Å². The molecule has 1 heterocycles.